The number of nitrogens with zero attached hydrogens (tertiary/aromatic N) is 2. The van der Waals surface area contributed by atoms with E-state index in [0.717, 1.165) is 46.7 Å². The van der Waals surface area contributed by atoms with E-state index in [0.29, 0.717) is 15.7 Å². The van der Waals surface area contributed by atoms with Crippen LogP contribution in [0.4, 0.5) is 5.69 Å². The molecule has 0 heterocycles. The molecule has 240 valence electrons. The number of hydrogen-bond acceptors (Lipinski definition) is 4. The molecule has 0 aromatic heterocycles. The number of hydrogen-bond donors (Lipinski definition) is 1. The zero-order valence-corrected chi connectivity index (χ0v) is 27.9. The summed E-state index contributed by atoms with van der Waals surface area (Å²) in [5.74, 6) is -0.780. The fourth-order valence-electron chi connectivity index (χ4n) is 5.75. The number of anilines is 1. The molecule has 1 aliphatic rings. The van der Waals surface area contributed by atoms with Crippen molar-refractivity contribution < 1.29 is 18.0 Å². The van der Waals surface area contributed by atoms with E-state index in [1.54, 1.807) is 42.5 Å². The van der Waals surface area contributed by atoms with Gasteiger partial charge in [0.25, 0.3) is 10.0 Å². The summed E-state index contributed by atoms with van der Waals surface area (Å²) in [7, 11) is -4.21. The number of aryl methyl sites for hydroxylation is 1. The predicted octanol–water partition coefficient (Wildman–Crippen LogP) is 7.20. The molecular weight excluding hydrogens is 641 g/mol. The fourth-order valence-corrected chi connectivity index (χ4v) is 7.41. The van der Waals surface area contributed by atoms with E-state index in [1.165, 1.54) is 29.2 Å². The molecule has 0 bridgehead atoms. The number of nitrogens with one attached hydrogen (secondary N) is 1. The van der Waals surface area contributed by atoms with Gasteiger partial charge in [-0.05, 0) is 85.0 Å². The number of amides is 2. The Kier molecular flexibility index (Phi) is 11.0. The standard InChI is InChI=1S/C36H37Cl2N3O4S/c1-26-8-7-13-32(22-26)41(46(44,45)33-20-18-30(38)19-21-33)25-35(42)40(24-28-14-16-29(37)17-15-28)34(23-27-9-3-2-4-10-27)36(43)39-31-11-5-6-12-31/h2-4,7-10,13-22,31,34H,5-6,11-12,23-25H2,1H3,(H,39,43)/t34-/m1/s1. The minimum Gasteiger partial charge on any atom is -0.352 e. The molecule has 5 rings (SSSR count). The van der Waals surface area contributed by atoms with Crippen molar-refractivity contribution in [3.05, 3.63) is 130 Å². The van der Waals surface area contributed by atoms with Gasteiger partial charge in [-0.3, -0.25) is 13.9 Å². The highest BCUT2D eigenvalue weighted by Crippen LogP contribution is 2.27. The summed E-state index contributed by atoms with van der Waals surface area (Å²) in [6.07, 6.45) is 4.10. The Hall–Kier alpha value is -3.85. The van der Waals surface area contributed by atoms with Gasteiger partial charge in [0.05, 0.1) is 10.6 Å². The molecule has 0 unspecified atom stereocenters. The summed E-state index contributed by atoms with van der Waals surface area (Å²) in [6.45, 7) is 1.41. The highest BCUT2D eigenvalue weighted by Gasteiger charge is 2.35. The molecule has 1 atom stereocenters. The van der Waals surface area contributed by atoms with Crippen molar-refractivity contribution in [1.82, 2.24) is 10.2 Å². The average molecular weight is 679 g/mol. The Morgan fingerprint density at radius 1 is 0.826 bits per heavy atom. The van der Waals surface area contributed by atoms with Crippen LogP contribution >= 0.6 is 23.2 Å². The average Bonchev–Trinajstić information content (AvgIpc) is 3.56. The van der Waals surface area contributed by atoms with Gasteiger partial charge in [-0.25, -0.2) is 8.42 Å². The van der Waals surface area contributed by atoms with Crippen molar-refractivity contribution in [2.24, 2.45) is 0 Å². The SMILES string of the molecule is Cc1cccc(N(CC(=O)N(Cc2ccc(Cl)cc2)[C@H](Cc2ccccc2)C(=O)NC2CCCC2)S(=O)(=O)c2ccc(Cl)cc2)c1. The lowest BCUT2D eigenvalue weighted by Gasteiger charge is -2.34. The molecule has 1 N–H and O–H groups in total. The first-order valence-corrected chi connectivity index (χ1v) is 17.5. The van der Waals surface area contributed by atoms with Crippen molar-refractivity contribution in [1.29, 1.82) is 0 Å². The number of halogens is 2. The van der Waals surface area contributed by atoms with Crippen LogP contribution in [-0.2, 0) is 32.6 Å². The first kappa shape index (κ1) is 33.5. The molecule has 2 amide bonds. The van der Waals surface area contributed by atoms with Crippen LogP contribution in [0.5, 0.6) is 0 Å². The molecule has 4 aromatic carbocycles. The van der Waals surface area contributed by atoms with Crippen LogP contribution in [0.2, 0.25) is 10.0 Å². The van der Waals surface area contributed by atoms with E-state index in [4.69, 9.17) is 23.2 Å². The first-order chi connectivity index (χ1) is 22.1. The topological polar surface area (TPSA) is 86.8 Å². The molecule has 10 heteroatoms. The van der Waals surface area contributed by atoms with E-state index in [1.807, 2.05) is 43.3 Å². The van der Waals surface area contributed by atoms with Gasteiger partial charge >= 0.3 is 0 Å². The lowest BCUT2D eigenvalue weighted by molar-refractivity contribution is -0.140. The summed E-state index contributed by atoms with van der Waals surface area (Å²) in [5, 5.41) is 4.12. The summed E-state index contributed by atoms with van der Waals surface area (Å²) in [5.41, 5.74) is 2.81. The molecule has 46 heavy (non-hydrogen) atoms. The zero-order chi connectivity index (χ0) is 32.7. The van der Waals surface area contributed by atoms with Crippen LogP contribution in [0.1, 0.15) is 42.4 Å². The maximum Gasteiger partial charge on any atom is 0.264 e. The number of rotatable bonds is 12. The molecule has 0 spiro atoms. The summed E-state index contributed by atoms with van der Waals surface area (Å²) >= 11 is 12.2. The Morgan fingerprint density at radius 3 is 2.09 bits per heavy atom. The predicted molar refractivity (Wildman–Crippen MR) is 183 cm³/mol. The second-order valence-electron chi connectivity index (χ2n) is 11.6. The van der Waals surface area contributed by atoms with Crippen LogP contribution in [-0.4, -0.2) is 43.8 Å². The molecular formula is C36H37Cl2N3O4S. The third-order valence-corrected chi connectivity index (χ3v) is 10.5. The molecule has 0 saturated heterocycles. The highest BCUT2D eigenvalue weighted by molar-refractivity contribution is 7.92. The van der Waals surface area contributed by atoms with Crippen LogP contribution in [0.3, 0.4) is 0 Å². The normalized spacial score (nSPS) is 14.1. The summed E-state index contributed by atoms with van der Waals surface area (Å²) in [6, 6.07) is 28.6. The van der Waals surface area contributed by atoms with Crippen molar-refractivity contribution >= 4 is 50.7 Å². The Labute approximate surface area is 281 Å². The molecule has 0 aliphatic heterocycles. The molecule has 1 fully saturated rings. The minimum absolute atomic E-state index is 0.00438. The molecule has 1 aliphatic carbocycles. The Balaban J connectivity index is 1.56. The van der Waals surface area contributed by atoms with Crippen LogP contribution < -0.4 is 9.62 Å². The molecule has 0 radical (unpaired) electrons. The first-order valence-electron chi connectivity index (χ1n) is 15.3. The van der Waals surface area contributed by atoms with E-state index < -0.39 is 28.5 Å². The van der Waals surface area contributed by atoms with Gasteiger partial charge in [0.2, 0.25) is 11.8 Å². The van der Waals surface area contributed by atoms with E-state index >= 15 is 0 Å². The van der Waals surface area contributed by atoms with Crippen molar-refractivity contribution in [2.45, 2.75) is 62.6 Å². The lowest BCUT2D eigenvalue weighted by atomic mass is 10.0. The number of benzene rings is 4. The summed E-state index contributed by atoms with van der Waals surface area (Å²) in [4.78, 5) is 30.2. The third kappa shape index (κ3) is 8.49. The van der Waals surface area contributed by atoms with Gasteiger partial charge in [-0.15, -0.1) is 0 Å². The Morgan fingerprint density at radius 2 is 1.46 bits per heavy atom. The van der Waals surface area contributed by atoms with Crippen LogP contribution in [0, 0.1) is 6.92 Å². The number of carbonyl (C=O) groups excluding carboxylic acids is 2. The number of carbonyl (C=O) groups is 2. The quantitative estimate of drug-likeness (QED) is 0.172. The zero-order valence-electron chi connectivity index (χ0n) is 25.6. The van der Waals surface area contributed by atoms with Crippen LogP contribution in [0.25, 0.3) is 0 Å². The smallest absolute Gasteiger partial charge is 0.264 e. The van der Waals surface area contributed by atoms with E-state index in [-0.39, 0.29) is 29.8 Å². The lowest BCUT2D eigenvalue weighted by Crippen LogP contribution is -2.54. The van der Waals surface area contributed by atoms with Gasteiger partial charge in [-0.2, -0.15) is 0 Å². The molecule has 4 aromatic rings. The second-order valence-corrected chi connectivity index (χ2v) is 14.4. The van der Waals surface area contributed by atoms with Gasteiger partial charge in [0.15, 0.2) is 0 Å². The van der Waals surface area contributed by atoms with Crippen molar-refractivity contribution in [3.63, 3.8) is 0 Å². The largest absolute Gasteiger partial charge is 0.352 e. The third-order valence-electron chi connectivity index (χ3n) is 8.21. The monoisotopic (exact) mass is 677 g/mol. The molecule has 1 saturated carbocycles. The maximum absolute atomic E-state index is 14.6. The van der Waals surface area contributed by atoms with Gasteiger partial charge in [0, 0.05) is 29.1 Å². The number of sulfonamides is 1. The van der Waals surface area contributed by atoms with Crippen LogP contribution in [0.15, 0.2) is 108 Å². The van der Waals surface area contributed by atoms with E-state index in [2.05, 4.69) is 5.32 Å². The van der Waals surface area contributed by atoms with Gasteiger partial charge < -0.3 is 10.2 Å². The van der Waals surface area contributed by atoms with Gasteiger partial charge in [-0.1, -0.05) is 90.6 Å². The maximum atomic E-state index is 14.6. The second kappa shape index (κ2) is 15.2. The van der Waals surface area contributed by atoms with Crippen molar-refractivity contribution in [2.75, 3.05) is 10.8 Å². The Bertz CT molecular complexity index is 1740. The fraction of sp³-hybridized carbons (Fsp3) is 0.278. The molecule has 7 nitrogen and oxygen atoms in total. The van der Waals surface area contributed by atoms with E-state index in [9.17, 15) is 18.0 Å². The minimum atomic E-state index is -4.21. The highest BCUT2D eigenvalue weighted by atomic mass is 35.5. The summed E-state index contributed by atoms with van der Waals surface area (Å²) < 4.78 is 29.4. The van der Waals surface area contributed by atoms with Gasteiger partial charge in [0.1, 0.15) is 12.6 Å². The van der Waals surface area contributed by atoms with Crippen molar-refractivity contribution in [3.8, 4) is 0 Å².